The average molecular weight is 265 g/mol. The van der Waals surface area contributed by atoms with Crippen LogP contribution in [0, 0.1) is 12.7 Å². The molecule has 92 valence electrons. The zero-order valence-electron chi connectivity index (χ0n) is 9.58. The minimum atomic E-state index is -0.569. The number of pyridine rings is 1. The number of nitrogens with zero attached hydrogens (tertiary/aromatic N) is 1. The lowest BCUT2D eigenvalue weighted by Crippen LogP contribution is -2.14. The van der Waals surface area contributed by atoms with Crippen LogP contribution in [0.25, 0.3) is 0 Å². The van der Waals surface area contributed by atoms with Crippen molar-refractivity contribution in [1.82, 2.24) is 4.98 Å². The van der Waals surface area contributed by atoms with E-state index in [0.717, 1.165) is 5.56 Å². The summed E-state index contributed by atoms with van der Waals surface area (Å²) >= 11 is 5.69. The molecule has 0 radical (unpaired) electrons. The van der Waals surface area contributed by atoms with Crippen LogP contribution in [0.15, 0.2) is 36.4 Å². The van der Waals surface area contributed by atoms with Gasteiger partial charge in [-0.25, -0.2) is 9.37 Å². The highest BCUT2D eigenvalue weighted by atomic mass is 35.5. The summed E-state index contributed by atoms with van der Waals surface area (Å²) in [6, 6.07) is 9.16. The van der Waals surface area contributed by atoms with Crippen molar-refractivity contribution in [3.05, 3.63) is 58.5 Å². The third-order valence-corrected chi connectivity index (χ3v) is 2.53. The zero-order valence-corrected chi connectivity index (χ0v) is 10.3. The molecule has 0 bridgehead atoms. The maximum atomic E-state index is 13.5. The first-order chi connectivity index (χ1) is 8.56. The monoisotopic (exact) mass is 264 g/mol. The molecule has 2 aromatic rings. The first kappa shape index (κ1) is 12.5. The minimum absolute atomic E-state index is 0.0169. The number of halogens is 2. The van der Waals surface area contributed by atoms with Gasteiger partial charge in [0.15, 0.2) is 0 Å². The molecule has 0 aliphatic heterocycles. The van der Waals surface area contributed by atoms with Gasteiger partial charge in [-0.3, -0.25) is 4.79 Å². The van der Waals surface area contributed by atoms with Crippen molar-refractivity contribution >= 4 is 23.3 Å². The molecule has 1 aromatic heterocycles. The number of amides is 1. The Morgan fingerprint density at radius 2 is 2.11 bits per heavy atom. The van der Waals surface area contributed by atoms with Gasteiger partial charge in [-0.2, -0.15) is 0 Å². The Bertz CT molecular complexity index is 601. The maximum absolute atomic E-state index is 13.5. The fourth-order valence-corrected chi connectivity index (χ4v) is 1.64. The van der Waals surface area contributed by atoms with Crippen molar-refractivity contribution in [3.63, 3.8) is 0 Å². The van der Waals surface area contributed by atoms with Crippen LogP contribution in [0.5, 0.6) is 0 Å². The lowest BCUT2D eigenvalue weighted by molar-refractivity contribution is 0.102. The number of nitrogens with one attached hydrogen (secondary N) is 1. The molecule has 1 aromatic carbocycles. The van der Waals surface area contributed by atoms with E-state index in [-0.39, 0.29) is 16.5 Å². The van der Waals surface area contributed by atoms with Crippen LogP contribution in [-0.4, -0.2) is 10.9 Å². The van der Waals surface area contributed by atoms with Crippen LogP contribution in [-0.2, 0) is 0 Å². The number of hydrogen-bond acceptors (Lipinski definition) is 2. The average Bonchev–Trinajstić information content (AvgIpc) is 2.32. The van der Waals surface area contributed by atoms with Gasteiger partial charge in [0.25, 0.3) is 5.91 Å². The number of aryl methyl sites for hydroxylation is 1. The predicted octanol–water partition coefficient (Wildman–Crippen LogP) is 3.43. The Kier molecular flexibility index (Phi) is 3.58. The Morgan fingerprint density at radius 1 is 1.33 bits per heavy atom. The molecule has 0 unspecified atom stereocenters. The van der Waals surface area contributed by atoms with E-state index < -0.39 is 11.7 Å². The summed E-state index contributed by atoms with van der Waals surface area (Å²) in [6.07, 6.45) is 0. The van der Waals surface area contributed by atoms with Crippen molar-refractivity contribution in [2.24, 2.45) is 0 Å². The van der Waals surface area contributed by atoms with Gasteiger partial charge < -0.3 is 5.32 Å². The molecule has 1 amide bonds. The summed E-state index contributed by atoms with van der Waals surface area (Å²) in [5, 5.41) is 2.75. The van der Waals surface area contributed by atoms with E-state index in [1.54, 1.807) is 31.2 Å². The molecule has 1 heterocycles. The minimum Gasteiger partial charge on any atom is -0.306 e. The van der Waals surface area contributed by atoms with Crippen LogP contribution in [0.1, 0.15) is 15.9 Å². The first-order valence-electron chi connectivity index (χ1n) is 5.26. The molecule has 0 saturated heterocycles. The zero-order chi connectivity index (χ0) is 13.1. The number of benzene rings is 1. The fraction of sp³-hybridized carbons (Fsp3) is 0.0769. The topological polar surface area (TPSA) is 42.0 Å². The van der Waals surface area contributed by atoms with E-state index in [4.69, 9.17) is 11.6 Å². The van der Waals surface area contributed by atoms with Gasteiger partial charge in [-0.05, 0) is 31.2 Å². The first-order valence-corrected chi connectivity index (χ1v) is 5.64. The van der Waals surface area contributed by atoms with Crippen LogP contribution in [0.3, 0.4) is 0 Å². The molecular weight excluding hydrogens is 255 g/mol. The Labute approximate surface area is 109 Å². The Morgan fingerprint density at radius 3 is 2.83 bits per heavy atom. The third kappa shape index (κ3) is 2.84. The van der Waals surface area contributed by atoms with E-state index in [1.807, 2.05) is 0 Å². The van der Waals surface area contributed by atoms with Crippen molar-refractivity contribution in [2.75, 3.05) is 5.32 Å². The van der Waals surface area contributed by atoms with Crippen molar-refractivity contribution in [3.8, 4) is 0 Å². The molecule has 5 heteroatoms. The Hall–Kier alpha value is -1.94. The summed E-state index contributed by atoms with van der Waals surface area (Å²) < 4.78 is 13.5. The summed E-state index contributed by atoms with van der Waals surface area (Å²) in [6.45, 7) is 1.79. The second kappa shape index (κ2) is 5.14. The van der Waals surface area contributed by atoms with Gasteiger partial charge >= 0.3 is 0 Å². The second-order valence-corrected chi connectivity index (χ2v) is 4.17. The summed E-state index contributed by atoms with van der Waals surface area (Å²) in [7, 11) is 0. The molecule has 3 nitrogen and oxygen atoms in total. The van der Waals surface area contributed by atoms with E-state index in [2.05, 4.69) is 10.3 Å². The molecule has 18 heavy (non-hydrogen) atoms. The summed E-state index contributed by atoms with van der Waals surface area (Å²) in [5.41, 5.74) is 0.789. The largest absolute Gasteiger partial charge is 0.306 e. The predicted molar refractivity (Wildman–Crippen MR) is 68.3 cm³/mol. The number of hydrogen-bond donors (Lipinski definition) is 1. The fourth-order valence-electron chi connectivity index (χ4n) is 1.47. The molecule has 2 rings (SSSR count). The van der Waals surface area contributed by atoms with Crippen LogP contribution >= 0.6 is 11.6 Å². The number of rotatable bonds is 2. The van der Waals surface area contributed by atoms with Crippen LogP contribution < -0.4 is 5.32 Å². The van der Waals surface area contributed by atoms with Crippen LogP contribution in [0.2, 0.25) is 5.15 Å². The number of anilines is 1. The van der Waals surface area contributed by atoms with Gasteiger partial charge in [-0.1, -0.05) is 29.3 Å². The summed E-state index contributed by atoms with van der Waals surface area (Å²) in [5.74, 6) is -0.834. The van der Waals surface area contributed by atoms with Gasteiger partial charge in [0.1, 0.15) is 16.8 Å². The van der Waals surface area contributed by atoms with E-state index in [0.29, 0.717) is 0 Å². The quantitative estimate of drug-likeness (QED) is 0.845. The van der Waals surface area contributed by atoms with E-state index >= 15 is 0 Å². The van der Waals surface area contributed by atoms with E-state index in [9.17, 15) is 9.18 Å². The molecule has 0 spiro atoms. The highest BCUT2D eigenvalue weighted by molar-refractivity contribution is 6.29. The van der Waals surface area contributed by atoms with Gasteiger partial charge in [0.05, 0.1) is 5.56 Å². The lowest BCUT2D eigenvalue weighted by atomic mass is 10.1. The SMILES string of the molecule is Cc1ccc(F)c(C(=O)Nc2cccc(Cl)n2)c1. The van der Waals surface area contributed by atoms with Crippen molar-refractivity contribution in [1.29, 1.82) is 0 Å². The van der Waals surface area contributed by atoms with Gasteiger partial charge in [-0.15, -0.1) is 0 Å². The maximum Gasteiger partial charge on any atom is 0.259 e. The smallest absolute Gasteiger partial charge is 0.259 e. The van der Waals surface area contributed by atoms with Crippen molar-refractivity contribution < 1.29 is 9.18 Å². The summed E-state index contributed by atoms with van der Waals surface area (Å²) in [4.78, 5) is 15.8. The molecule has 1 N–H and O–H groups in total. The Balaban J connectivity index is 2.24. The molecule has 0 atom stereocenters. The van der Waals surface area contributed by atoms with Crippen molar-refractivity contribution in [2.45, 2.75) is 6.92 Å². The standard InChI is InChI=1S/C13H10ClFN2O/c1-8-5-6-10(15)9(7-8)13(18)17-12-4-2-3-11(14)16-12/h2-7H,1H3,(H,16,17,18). The highest BCUT2D eigenvalue weighted by Gasteiger charge is 2.12. The molecule has 0 fully saturated rings. The highest BCUT2D eigenvalue weighted by Crippen LogP contribution is 2.14. The van der Waals surface area contributed by atoms with Gasteiger partial charge in [0.2, 0.25) is 0 Å². The van der Waals surface area contributed by atoms with Gasteiger partial charge in [0, 0.05) is 0 Å². The number of carbonyl (C=O) groups is 1. The number of aromatic nitrogens is 1. The van der Waals surface area contributed by atoms with E-state index in [1.165, 1.54) is 12.1 Å². The van der Waals surface area contributed by atoms with Crippen LogP contribution in [0.4, 0.5) is 10.2 Å². The molecular formula is C13H10ClFN2O. The third-order valence-electron chi connectivity index (χ3n) is 2.32. The molecule has 0 aliphatic carbocycles. The molecule has 0 aliphatic rings. The molecule has 0 saturated carbocycles. The normalized spacial score (nSPS) is 10.2. The number of carbonyl (C=O) groups excluding carboxylic acids is 1. The second-order valence-electron chi connectivity index (χ2n) is 3.78. The lowest BCUT2D eigenvalue weighted by Gasteiger charge is -2.06.